The predicted molar refractivity (Wildman–Crippen MR) is 86.1 cm³/mol. The second kappa shape index (κ2) is 8.29. The first-order chi connectivity index (χ1) is 9.60. The minimum absolute atomic E-state index is 0.119. The van der Waals surface area contributed by atoms with Crippen LogP contribution < -0.4 is 10.6 Å². The van der Waals surface area contributed by atoms with Crippen molar-refractivity contribution in [1.82, 2.24) is 9.97 Å². The second-order valence-electron chi connectivity index (χ2n) is 4.76. The van der Waals surface area contributed by atoms with Crippen molar-refractivity contribution in [2.24, 2.45) is 0 Å². The van der Waals surface area contributed by atoms with Crippen molar-refractivity contribution in [3.63, 3.8) is 0 Å². The molecule has 0 aromatic carbocycles. The molecule has 2 N–H and O–H groups in total. The standard InChI is InChI=1S/C14H25FN4S/c1-5-8-16-13-17-9-11(15)12(19-13)18-10-14(6-2,7-3)20-4/h9H,5-8,10H2,1-4H3,(H2,16,17,18,19). The fourth-order valence-corrected chi connectivity index (χ4v) is 2.71. The molecule has 0 saturated carbocycles. The average molecular weight is 300 g/mol. The highest BCUT2D eigenvalue weighted by Gasteiger charge is 2.25. The first-order valence-electron chi connectivity index (χ1n) is 7.16. The largest absolute Gasteiger partial charge is 0.366 e. The lowest BCUT2D eigenvalue weighted by Gasteiger charge is -2.30. The van der Waals surface area contributed by atoms with E-state index in [4.69, 9.17) is 0 Å². The normalized spacial score (nSPS) is 11.4. The molecule has 0 radical (unpaired) electrons. The lowest BCUT2D eigenvalue weighted by atomic mass is 10.0. The van der Waals surface area contributed by atoms with E-state index in [1.807, 2.05) is 11.8 Å². The molecule has 4 nitrogen and oxygen atoms in total. The highest BCUT2D eigenvalue weighted by molar-refractivity contribution is 8.00. The van der Waals surface area contributed by atoms with Crippen LogP contribution in [0, 0.1) is 5.82 Å². The van der Waals surface area contributed by atoms with Gasteiger partial charge in [0.05, 0.1) is 6.20 Å². The van der Waals surface area contributed by atoms with Gasteiger partial charge in [0.1, 0.15) is 0 Å². The molecule has 0 amide bonds. The predicted octanol–water partition coefficient (Wildman–Crippen LogP) is 3.77. The maximum absolute atomic E-state index is 13.8. The number of aromatic nitrogens is 2. The van der Waals surface area contributed by atoms with Gasteiger partial charge in [0.15, 0.2) is 11.6 Å². The van der Waals surface area contributed by atoms with E-state index in [-0.39, 0.29) is 10.6 Å². The van der Waals surface area contributed by atoms with E-state index < -0.39 is 5.82 Å². The molecule has 0 bridgehead atoms. The smallest absolute Gasteiger partial charge is 0.224 e. The van der Waals surface area contributed by atoms with Crippen molar-refractivity contribution in [2.45, 2.75) is 44.8 Å². The molecular formula is C14H25FN4S. The Labute approximate surface area is 125 Å². The van der Waals surface area contributed by atoms with Crippen molar-refractivity contribution >= 4 is 23.5 Å². The summed E-state index contributed by atoms with van der Waals surface area (Å²) in [7, 11) is 0. The molecule has 0 atom stereocenters. The topological polar surface area (TPSA) is 49.8 Å². The van der Waals surface area contributed by atoms with E-state index in [1.54, 1.807) is 0 Å². The molecule has 0 spiro atoms. The van der Waals surface area contributed by atoms with Crippen LogP contribution in [0.15, 0.2) is 6.20 Å². The van der Waals surface area contributed by atoms with Crippen LogP contribution in [0.25, 0.3) is 0 Å². The minimum atomic E-state index is -0.408. The zero-order valence-corrected chi connectivity index (χ0v) is 13.6. The molecule has 20 heavy (non-hydrogen) atoms. The van der Waals surface area contributed by atoms with Crippen LogP contribution in [-0.4, -0.2) is 34.1 Å². The molecule has 114 valence electrons. The molecule has 1 aromatic heterocycles. The molecular weight excluding hydrogens is 275 g/mol. The second-order valence-corrected chi connectivity index (χ2v) is 6.04. The van der Waals surface area contributed by atoms with Gasteiger partial charge >= 0.3 is 0 Å². The first-order valence-corrected chi connectivity index (χ1v) is 8.38. The van der Waals surface area contributed by atoms with E-state index in [2.05, 4.69) is 47.6 Å². The van der Waals surface area contributed by atoms with Crippen LogP contribution in [-0.2, 0) is 0 Å². The van der Waals surface area contributed by atoms with Crippen LogP contribution in [0.5, 0.6) is 0 Å². The van der Waals surface area contributed by atoms with Crippen LogP contribution in [0.4, 0.5) is 16.2 Å². The summed E-state index contributed by atoms with van der Waals surface area (Å²) in [5, 5.41) is 6.20. The molecule has 6 heteroatoms. The average Bonchev–Trinajstić information content (AvgIpc) is 2.49. The van der Waals surface area contributed by atoms with Crippen molar-refractivity contribution in [2.75, 3.05) is 30.0 Å². The van der Waals surface area contributed by atoms with Gasteiger partial charge in [-0.05, 0) is 25.5 Å². The van der Waals surface area contributed by atoms with Gasteiger partial charge in [-0.25, -0.2) is 9.37 Å². The summed E-state index contributed by atoms with van der Waals surface area (Å²) < 4.78 is 13.9. The molecule has 0 saturated heterocycles. The maximum Gasteiger partial charge on any atom is 0.224 e. The fourth-order valence-electron chi connectivity index (χ4n) is 1.92. The van der Waals surface area contributed by atoms with Gasteiger partial charge < -0.3 is 10.6 Å². The Hall–Kier alpha value is -1.04. The lowest BCUT2D eigenvalue weighted by molar-refractivity contribution is 0.567. The number of hydrogen-bond donors (Lipinski definition) is 2. The van der Waals surface area contributed by atoms with E-state index >= 15 is 0 Å². The summed E-state index contributed by atoms with van der Waals surface area (Å²) in [6, 6.07) is 0. The van der Waals surface area contributed by atoms with E-state index in [1.165, 1.54) is 6.20 Å². The maximum atomic E-state index is 13.8. The first kappa shape index (κ1) is 17.0. The minimum Gasteiger partial charge on any atom is -0.366 e. The Kier molecular flexibility index (Phi) is 7.05. The van der Waals surface area contributed by atoms with Crippen LogP contribution >= 0.6 is 11.8 Å². The summed E-state index contributed by atoms with van der Waals surface area (Å²) in [4.78, 5) is 8.14. The fraction of sp³-hybridized carbons (Fsp3) is 0.714. The molecule has 1 aromatic rings. The Balaban J connectivity index is 2.75. The Morgan fingerprint density at radius 1 is 1.25 bits per heavy atom. The van der Waals surface area contributed by atoms with Gasteiger partial charge in [0, 0.05) is 17.8 Å². The van der Waals surface area contributed by atoms with Crippen LogP contribution in [0.1, 0.15) is 40.0 Å². The molecule has 0 aliphatic carbocycles. The quantitative estimate of drug-likeness (QED) is 0.727. The third kappa shape index (κ3) is 4.51. The molecule has 0 fully saturated rings. The lowest BCUT2D eigenvalue weighted by Crippen LogP contribution is -2.32. The summed E-state index contributed by atoms with van der Waals surface area (Å²) in [6.07, 6.45) is 6.35. The van der Waals surface area contributed by atoms with Gasteiger partial charge in [0.25, 0.3) is 0 Å². The monoisotopic (exact) mass is 300 g/mol. The van der Waals surface area contributed by atoms with Gasteiger partial charge in [-0.1, -0.05) is 20.8 Å². The van der Waals surface area contributed by atoms with Gasteiger partial charge in [-0.2, -0.15) is 16.7 Å². The van der Waals surface area contributed by atoms with Gasteiger partial charge in [-0.15, -0.1) is 0 Å². The number of rotatable bonds is 9. The Morgan fingerprint density at radius 3 is 2.50 bits per heavy atom. The van der Waals surface area contributed by atoms with E-state index in [0.717, 1.165) is 25.8 Å². The Bertz CT molecular complexity index is 402. The highest BCUT2D eigenvalue weighted by atomic mass is 32.2. The van der Waals surface area contributed by atoms with Crippen LogP contribution in [0.2, 0.25) is 0 Å². The highest BCUT2D eigenvalue weighted by Crippen LogP contribution is 2.30. The summed E-state index contributed by atoms with van der Waals surface area (Å²) in [6.45, 7) is 7.86. The zero-order chi connectivity index (χ0) is 15.0. The van der Waals surface area contributed by atoms with Crippen molar-refractivity contribution in [3.8, 4) is 0 Å². The third-order valence-corrected chi connectivity index (χ3v) is 5.16. The molecule has 1 heterocycles. The Morgan fingerprint density at radius 2 is 1.95 bits per heavy atom. The van der Waals surface area contributed by atoms with Crippen LogP contribution in [0.3, 0.4) is 0 Å². The molecule has 0 unspecified atom stereocenters. The molecule has 0 aliphatic heterocycles. The van der Waals surface area contributed by atoms with Gasteiger partial charge in [0.2, 0.25) is 5.95 Å². The number of thioether (sulfide) groups is 1. The third-order valence-electron chi connectivity index (χ3n) is 3.58. The summed E-state index contributed by atoms with van der Waals surface area (Å²) >= 11 is 1.82. The SMILES string of the molecule is CCCNc1ncc(F)c(NCC(CC)(CC)SC)n1. The number of nitrogens with one attached hydrogen (secondary N) is 2. The number of anilines is 2. The van der Waals surface area contributed by atoms with Crippen molar-refractivity contribution < 1.29 is 4.39 Å². The van der Waals surface area contributed by atoms with Crippen molar-refractivity contribution in [1.29, 1.82) is 0 Å². The zero-order valence-electron chi connectivity index (χ0n) is 12.8. The van der Waals surface area contributed by atoms with E-state index in [0.29, 0.717) is 12.5 Å². The van der Waals surface area contributed by atoms with E-state index in [9.17, 15) is 4.39 Å². The number of halogens is 1. The molecule has 1 rings (SSSR count). The summed E-state index contributed by atoms with van der Waals surface area (Å²) in [5.41, 5.74) is 0. The molecule has 0 aliphatic rings. The summed E-state index contributed by atoms with van der Waals surface area (Å²) in [5.74, 6) is 0.340. The number of hydrogen-bond acceptors (Lipinski definition) is 5. The number of nitrogens with zero attached hydrogens (tertiary/aromatic N) is 2. The van der Waals surface area contributed by atoms with Gasteiger partial charge in [-0.3, -0.25) is 0 Å². The van der Waals surface area contributed by atoms with Crippen molar-refractivity contribution in [3.05, 3.63) is 12.0 Å².